The molecule has 2 rings (SSSR count). The van der Waals surface area contributed by atoms with Crippen LogP contribution in [-0.2, 0) is 4.74 Å². The van der Waals surface area contributed by atoms with Crippen molar-refractivity contribution < 1.29 is 4.74 Å². The van der Waals surface area contributed by atoms with Gasteiger partial charge in [-0.3, -0.25) is 0 Å². The maximum absolute atomic E-state index is 6.01. The van der Waals surface area contributed by atoms with Crippen molar-refractivity contribution in [3.8, 4) is 0 Å². The van der Waals surface area contributed by atoms with Gasteiger partial charge in [0.25, 0.3) is 0 Å². The predicted octanol–water partition coefficient (Wildman–Crippen LogP) is 2.39. The smallest absolute Gasteiger partial charge is 0.157 e. The minimum atomic E-state index is 0.487. The largest absolute Gasteiger partial charge is 0.492 e. The lowest BCUT2D eigenvalue weighted by Gasteiger charge is -2.06. The van der Waals surface area contributed by atoms with Crippen molar-refractivity contribution in [1.82, 2.24) is 14.6 Å². The first kappa shape index (κ1) is 9.98. The van der Waals surface area contributed by atoms with E-state index in [1.54, 1.807) is 22.8 Å². The summed E-state index contributed by atoms with van der Waals surface area (Å²) in [6.07, 6.45) is 1.64. The maximum Gasteiger partial charge on any atom is 0.157 e. The standard InChI is InChI=1S/C10H10ClN3O/c1-3-15-7(2)8-6-9(11)14-10(13-8)4-5-12-14/h4-6H,2-3H2,1H3. The van der Waals surface area contributed by atoms with Gasteiger partial charge in [-0.25, -0.2) is 9.50 Å². The van der Waals surface area contributed by atoms with Crippen LogP contribution in [0.1, 0.15) is 12.6 Å². The summed E-state index contributed by atoms with van der Waals surface area (Å²) in [6.45, 7) is 6.23. The van der Waals surface area contributed by atoms with Crippen molar-refractivity contribution in [1.29, 1.82) is 0 Å². The molecule has 0 N–H and O–H groups in total. The third-order valence-electron chi connectivity index (χ3n) is 1.92. The molecule has 0 spiro atoms. The maximum atomic E-state index is 6.01. The second kappa shape index (κ2) is 3.90. The zero-order chi connectivity index (χ0) is 10.8. The number of aromatic nitrogens is 3. The number of hydrogen-bond acceptors (Lipinski definition) is 3. The lowest BCUT2D eigenvalue weighted by molar-refractivity contribution is 0.298. The lowest BCUT2D eigenvalue weighted by Crippen LogP contribution is -1.98. The van der Waals surface area contributed by atoms with Crippen LogP contribution in [0.5, 0.6) is 0 Å². The molecule has 0 aliphatic rings. The SMILES string of the molecule is C=C(OCC)c1cc(Cl)n2nccc2n1. The molecule has 0 amide bonds. The predicted molar refractivity (Wildman–Crippen MR) is 58.7 cm³/mol. The molecule has 0 unspecified atom stereocenters. The zero-order valence-electron chi connectivity index (χ0n) is 8.27. The number of rotatable bonds is 3. The van der Waals surface area contributed by atoms with Gasteiger partial charge in [-0.15, -0.1) is 0 Å². The van der Waals surface area contributed by atoms with Crippen LogP contribution in [0.15, 0.2) is 24.9 Å². The van der Waals surface area contributed by atoms with E-state index in [0.29, 0.717) is 28.9 Å². The highest BCUT2D eigenvalue weighted by Crippen LogP contribution is 2.17. The highest BCUT2D eigenvalue weighted by atomic mass is 35.5. The third-order valence-corrected chi connectivity index (χ3v) is 2.19. The van der Waals surface area contributed by atoms with Gasteiger partial charge in [-0.05, 0) is 6.92 Å². The fourth-order valence-corrected chi connectivity index (χ4v) is 1.50. The summed E-state index contributed by atoms with van der Waals surface area (Å²) in [7, 11) is 0. The molecule has 4 nitrogen and oxygen atoms in total. The molecule has 0 aromatic carbocycles. The van der Waals surface area contributed by atoms with Crippen molar-refractivity contribution in [2.75, 3.05) is 6.61 Å². The van der Waals surface area contributed by atoms with Gasteiger partial charge >= 0.3 is 0 Å². The molecule has 15 heavy (non-hydrogen) atoms. The Labute approximate surface area is 92.1 Å². The molecule has 0 aliphatic carbocycles. The summed E-state index contributed by atoms with van der Waals surface area (Å²) in [6, 6.07) is 3.45. The van der Waals surface area contributed by atoms with E-state index < -0.39 is 0 Å². The average Bonchev–Trinajstić information content (AvgIpc) is 2.66. The minimum absolute atomic E-state index is 0.487. The number of hydrogen-bond donors (Lipinski definition) is 0. The molecule has 78 valence electrons. The molecule has 0 saturated carbocycles. The molecule has 2 aromatic heterocycles. The molecular formula is C10H10ClN3O. The van der Waals surface area contributed by atoms with Gasteiger partial charge in [0.15, 0.2) is 5.65 Å². The van der Waals surface area contributed by atoms with Gasteiger partial charge in [0.05, 0.1) is 12.8 Å². The van der Waals surface area contributed by atoms with E-state index in [2.05, 4.69) is 16.7 Å². The molecule has 0 saturated heterocycles. The summed E-state index contributed by atoms with van der Waals surface area (Å²) in [5, 5.41) is 4.50. The molecular weight excluding hydrogens is 214 g/mol. The van der Waals surface area contributed by atoms with Crippen molar-refractivity contribution in [3.05, 3.63) is 35.8 Å². The zero-order valence-corrected chi connectivity index (χ0v) is 9.03. The van der Waals surface area contributed by atoms with Gasteiger partial charge in [-0.2, -0.15) is 5.10 Å². The Morgan fingerprint density at radius 2 is 2.47 bits per heavy atom. The molecule has 2 heterocycles. The Hall–Kier alpha value is -1.55. The Kier molecular flexibility index (Phi) is 2.60. The number of nitrogens with zero attached hydrogens (tertiary/aromatic N) is 3. The van der Waals surface area contributed by atoms with E-state index in [4.69, 9.17) is 16.3 Å². The first-order chi connectivity index (χ1) is 7.22. The molecule has 0 radical (unpaired) electrons. The average molecular weight is 224 g/mol. The molecule has 0 aliphatic heterocycles. The van der Waals surface area contributed by atoms with Crippen LogP contribution < -0.4 is 0 Å². The summed E-state index contributed by atoms with van der Waals surface area (Å²) >= 11 is 6.01. The number of fused-ring (bicyclic) bond motifs is 1. The Balaban J connectivity index is 2.49. The van der Waals surface area contributed by atoms with Crippen molar-refractivity contribution in [2.45, 2.75) is 6.92 Å². The number of ether oxygens (including phenoxy) is 1. The lowest BCUT2D eigenvalue weighted by atomic mass is 10.3. The van der Waals surface area contributed by atoms with E-state index in [1.807, 2.05) is 6.92 Å². The highest BCUT2D eigenvalue weighted by molar-refractivity contribution is 6.29. The van der Waals surface area contributed by atoms with Gasteiger partial charge in [0, 0.05) is 12.1 Å². The quantitative estimate of drug-likeness (QED) is 0.593. The van der Waals surface area contributed by atoms with Crippen LogP contribution in [0.4, 0.5) is 0 Å². The summed E-state index contributed by atoms with van der Waals surface area (Å²) in [4.78, 5) is 4.31. The molecule has 0 atom stereocenters. The Morgan fingerprint density at radius 1 is 1.67 bits per heavy atom. The summed E-state index contributed by atoms with van der Waals surface area (Å²) < 4.78 is 6.81. The van der Waals surface area contributed by atoms with Crippen LogP contribution in [0, 0.1) is 0 Å². The van der Waals surface area contributed by atoms with Crippen molar-refractivity contribution >= 4 is 23.0 Å². The molecule has 0 bridgehead atoms. The molecule has 2 aromatic rings. The highest BCUT2D eigenvalue weighted by Gasteiger charge is 2.07. The fourth-order valence-electron chi connectivity index (χ4n) is 1.27. The summed E-state index contributed by atoms with van der Waals surface area (Å²) in [5.41, 5.74) is 1.31. The third kappa shape index (κ3) is 1.80. The van der Waals surface area contributed by atoms with Gasteiger partial charge in [0.2, 0.25) is 0 Å². The van der Waals surface area contributed by atoms with Gasteiger partial charge in [0.1, 0.15) is 16.6 Å². The topological polar surface area (TPSA) is 39.4 Å². The first-order valence-corrected chi connectivity index (χ1v) is 4.92. The van der Waals surface area contributed by atoms with Crippen LogP contribution in [-0.4, -0.2) is 21.2 Å². The Morgan fingerprint density at radius 3 is 3.20 bits per heavy atom. The Bertz CT molecular complexity index is 506. The van der Waals surface area contributed by atoms with Crippen LogP contribution in [0.2, 0.25) is 5.15 Å². The normalized spacial score (nSPS) is 10.5. The second-order valence-electron chi connectivity index (χ2n) is 2.92. The van der Waals surface area contributed by atoms with Crippen molar-refractivity contribution in [2.24, 2.45) is 0 Å². The fraction of sp³-hybridized carbons (Fsp3) is 0.200. The minimum Gasteiger partial charge on any atom is -0.492 e. The van der Waals surface area contributed by atoms with E-state index in [1.165, 1.54) is 0 Å². The van der Waals surface area contributed by atoms with E-state index >= 15 is 0 Å². The van der Waals surface area contributed by atoms with Crippen molar-refractivity contribution in [3.63, 3.8) is 0 Å². The number of halogens is 1. The first-order valence-electron chi connectivity index (χ1n) is 4.54. The summed E-state index contributed by atoms with van der Waals surface area (Å²) in [5.74, 6) is 0.517. The van der Waals surface area contributed by atoms with Crippen LogP contribution >= 0.6 is 11.6 Å². The van der Waals surface area contributed by atoms with E-state index in [9.17, 15) is 0 Å². The molecule has 0 fully saturated rings. The van der Waals surface area contributed by atoms with Gasteiger partial charge in [-0.1, -0.05) is 18.2 Å². The monoisotopic (exact) mass is 223 g/mol. The van der Waals surface area contributed by atoms with E-state index in [0.717, 1.165) is 0 Å². The molecule has 5 heteroatoms. The second-order valence-corrected chi connectivity index (χ2v) is 3.31. The van der Waals surface area contributed by atoms with Crippen LogP contribution in [0.3, 0.4) is 0 Å². The van der Waals surface area contributed by atoms with E-state index in [-0.39, 0.29) is 0 Å². The van der Waals surface area contributed by atoms with Gasteiger partial charge < -0.3 is 4.74 Å². The van der Waals surface area contributed by atoms with Crippen LogP contribution in [0.25, 0.3) is 11.4 Å².